The number of fused-ring (bicyclic) bond motifs is 1. The van der Waals surface area contributed by atoms with Gasteiger partial charge in [0.05, 0.1) is 17.7 Å². The van der Waals surface area contributed by atoms with Gasteiger partial charge >= 0.3 is 0 Å². The Balaban J connectivity index is 1.90. The average molecular weight is 344 g/mol. The fourth-order valence-corrected chi connectivity index (χ4v) is 3.68. The van der Waals surface area contributed by atoms with E-state index < -0.39 is 10.0 Å². The van der Waals surface area contributed by atoms with Crippen molar-refractivity contribution in [1.29, 1.82) is 0 Å². The minimum absolute atomic E-state index is 0.208. The van der Waals surface area contributed by atoms with E-state index in [1.54, 1.807) is 31.4 Å². The fourth-order valence-electron chi connectivity index (χ4n) is 2.85. The molecule has 5 nitrogen and oxygen atoms in total. The largest absolute Gasteiger partial charge is 0.496 e. The molecule has 2 aromatic carbocycles. The average Bonchev–Trinajstić information content (AvgIpc) is 2.59. The van der Waals surface area contributed by atoms with Crippen LogP contribution in [0.25, 0.3) is 0 Å². The van der Waals surface area contributed by atoms with Crippen LogP contribution >= 0.6 is 0 Å². The van der Waals surface area contributed by atoms with Crippen molar-refractivity contribution in [2.75, 3.05) is 7.11 Å². The first-order chi connectivity index (χ1) is 11.5. The zero-order valence-electron chi connectivity index (χ0n) is 13.7. The second-order valence-corrected chi connectivity index (χ2v) is 7.47. The number of sulfonamides is 1. The number of rotatable bonds is 4. The van der Waals surface area contributed by atoms with Gasteiger partial charge in [-0.1, -0.05) is 29.8 Å². The molecule has 0 fully saturated rings. The molecular weight excluding hydrogens is 324 g/mol. The first-order valence-electron chi connectivity index (χ1n) is 7.82. The Labute approximate surface area is 142 Å². The summed E-state index contributed by atoms with van der Waals surface area (Å²) in [5.74, 6) is 0.821. The van der Waals surface area contributed by atoms with Crippen molar-refractivity contribution >= 4 is 15.7 Å². The molecule has 126 valence electrons. The van der Waals surface area contributed by atoms with Gasteiger partial charge in [-0.15, -0.1) is 0 Å². The zero-order chi connectivity index (χ0) is 17.2. The van der Waals surface area contributed by atoms with Crippen LogP contribution in [0.1, 0.15) is 29.5 Å². The molecule has 0 heterocycles. The van der Waals surface area contributed by atoms with Crippen LogP contribution in [0.4, 0.5) is 0 Å². The summed E-state index contributed by atoms with van der Waals surface area (Å²) in [6, 6.07) is 12.5. The molecule has 0 saturated carbocycles. The van der Waals surface area contributed by atoms with Crippen LogP contribution in [0, 0.1) is 6.92 Å². The first kappa shape index (κ1) is 16.5. The Bertz CT molecular complexity index is 872. The minimum atomic E-state index is -3.66. The Hall–Kier alpha value is -2.34. The van der Waals surface area contributed by atoms with Gasteiger partial charge in [-0.2, -0.15) is 18.4 Å². The highest BCUT2D eigenvalue weighted by Gasteiger charge is 2.20. The minimum Gasteiger partial charge on any atom is -0.496 e. The molecule has 3 rings (SSSR count). The third-order valence-electron chi connectivity index (χ3n) is 4.14. The summed E-state index contributed by atoms with van der Waals surface area (Å²) in [6.07, 6.45) is 2.55. The van der Waals surface area contributed by atoms with Crippen molar-refractivity contribution in [3.8, 4) is 5.75 Å². The van der Waals surface area contributed by atoms with E-state index in [9.17, 15) is 8.42 Å². The van der Waals surface area contributed by atoms with E-state index in [4.69, 9.17) is 4.74 Å². The predicted octanol–water partition coefficient (Wildman–Crippen LogP) is 3.02. The Morgan fingerprint density at radius 1 is 1.08 bits per heavy atom. The SMILES string of the molecule is COc1cccc2c1CCCC2=NNS(=O)(=O)c1ccc(C)cc1. The van der Waals surface area contributed by atoms with Crippen LogP contribution in [-0.4, -0.2) is 21.2 Å². The van der Waals surface area contributed by atoms with Crippen molar-refractivity contribution in [3.63, 3.8) is 0 Å². The molecule has 24 heavy (non-hydrogen) atoms. The molecule has 0 spiro atoms. The van der Waals surface area contributed by atoms with Gasteiger partial charge in [0.1, 0.15) is 5.75 Å². The lowest BCUT2D eigenvalue weighted by atomic mass is 9.89. The highest BCUT2D eigenvalue weighted by Crippen LogP contribution is 2.29. The molecular formula is C18H20N2O3S. The van der Waals surface area contributed by atoms with Gasteiger partial charge in [0.15, 0.2) is 0 Å². The van der Waals surface area contributed by atoms with Crippen LogP contribution in [0.2, 0.25) is 0 Å². The highest BCUT2D eigenvalue weighted by atomic mass is 32.2. The molecule has 0 aromatic heterocycles. The second-order valence-electron chi connectivity index (χ2n) is 5.81. The fraction of sp³-hybridized carbons (Fsp3) is 0.278. The third kappa shape index (κ3) is 3.28. The molecule has 0 bridgehead atoms. The van der Waals surface area contributed by atoms with Gasteiger partial charge in [-0.05, 0) is 44.4 Å². The van der Waals surface area contributed by atoms with Crippen LogP contribution in [-0.2, 0) is 16.4 Å². The van der Waals surface area contributed by atoms with Crippen molar-refractivity contribution in [2.24, 2.45) is 5.10 Å². The van der Waals surface area contributed by atoms with Crippen molar-refractivity contribution in [2.45, 2.75) is 31.1 Å². The number of aryl methyl sites for hydroxylation is 1. The Morgan fingerprint density at radius 2 is 1.83 bits per heavy atom. The molecule has 1 aliphatic carbocycles. The van der Waals surface area contributed by atoms with E-state index in [1.807, 2.05) is 25.1 Å². The number of nitrogens with one attached hydrogen (secondary N) is 1. The number of benzene rings is 2. The van der Waals surface area contributed by atoms with Gasteiger partial charge in [0.25, 0.3) is 10.0 Å². The standard InChI is InChI=1S/C18H20N2O3S/c1-13-9-11-14(12-10-13)24(21,22)20-19-17-7-3-6-16-15(17)5-4-8-18(16)23-2/h4-5,8-12,20H,3,6-7H2,1-2H3. The molecule has 1 aliphatic rings. The molecule has 0 atom stereocenters. The number of hydrogen-bond acceptors (Lipinski definition) is 4. The molecule has 0 amide bonds. The summed E-state index contributed by atoms with van der Waals surface area (Å²) >= 11 is 0. The Morgan fingerprint density at radius 3 is 2.54 bits per heavy atom. The van der Waals surface area contributed by atoms with Crippen LogP contribution in [0.3, 0.4) is 0 Å². The van der Waals surface area contributed by atoms with E-state index in [2.05, 4.69) is 9.93 Å². The van der Waals surface area contributed by atoms with Gasteiger partial charge in [0, 0.05) is 11.1 Å². The number of ether oxygens (including phenoxy) is 1. The Kier molecular flexibility index (Phi) is 4.57. The van der Waals surface area contributed by atoms with Gasteiger partial charge in [-0.25, -0.2) is 0 Å². The maximum atomic E-state index is 12.4. The number of hydrazone groups is 1. The lowest BCUT2D eigenvalue weighted by Gasteiger charge is -2.20. The third-order valence-corrected chi connectivity index (χ3v) is 5.36. The van der Waals surface area contributed by atoms with E-state index in [1.165, 1.54) is 0 Å². The van der Waals surface area contributed by atoms with Crippen LogP contribution in [0.5, 0.6) is 5.75 Å². The molecule has 0 aliphatic heterocycles. The van der Waals surface area contributed by atoms with E-state index in [0.29, 0.717) is 0 Å². The summed E-state index contributed by atoms with van der Waals surface area (Å²) in [5, 5.41) is 4.19. The van der Waals surface area contributed by atoms with E-state index >= 15 is 0 Å². The summed E-state index contributed by atoms with van der Waals surface area (Å²) in [6.45, 7) is 1.91. The highest BCUT2D eigenvalue weighted by molar-refractivity contribution is 7.89. The zero-order valence-corrected chi connectivity index (χ0v) is 14.6. The van der Waals surface area contributed by atoms with Crippen molar-refractivity contribution < 1.29 is 13.2 Å². The molecule has 6 heteroatoms. The molecule has 2 aromatic rings. The molecule has 0 saturated heterocycles. The quantitative estimate of drug-likeness (QED) is 0.867. The van der Waals surface area contributed by atoms with Gasteiger partial charge in [-0.3, -0.25) is 0 Å². The lowest BCUT2D eigenvalue weighted by Crippen LogP contribution is -2.22. The summed E-state index contributed by atoms with van der Waals surface area (Å²) in [4.78, 5) is 2.57. The maximum absolute atomic E-state index is 12.4. The second kappa shape index (κ2) is 6.65. The first-order valence-corrected chi connectivity index (χ1v) is 9.31. The smallest absolute Gasteiger partial charge is 0.276 e. The summed E-state index contributed by atoms with van der Waals surface area (Å²) in [5.41, 5.74) is 3.78. The maximum Gasteiger partial charge on any atom is 0.276 e. The van der Waals surface area contributed by atoms with Crippen molar-refractivity contribution in [1.82, 2.24) is 4.83 Å². The number of hydrogen-bond donors (Lipinski definition) is 1. The molecule has 1 N–H and O–H groups in total. The monoisotopic (exact) mass is 344 g/mol. The topological polar surface area (TPSA) is 67.8 Å². The van der Waals surface area contributed by atoms with Gasteiger partial charge in [0.2, 0.25) is 0 Å². The predicted molar refractivity (Wildman–Crippen MR) is 94.0 cm³/mol. The van der Waals surface area contributed by atoms with E-state index in [0.717, 1.165) is 47.4 Å². The summed E-state index contributed by atoms with van der Waals surface area (Å²) in [7, 11) is -2.02. The normalized spacial score (nSPS) is 15.8. The summed E-state index contributed by atoms with van der Waals surface area (Å²) < 4.78 is 30.1. The molecule has 0 unspecified atom stereocenters. The van der Waals surface area contributed by atoms with Crippen LogP contribution < -0.4 is 9.57 Å². The van der Waals surface area contributed by atoms with E-state index in [-0.39, 0.29) is 4.90 Å². The van der Waals surface area contributed by atoms with Gasteiger partial charge < -0.3 is 4.74 Å². The number of nitrogens with zero attached hydrogens (tertiary/aromatic N) is 1. The lowest BCUT2D eigenvalue weighted by molar-refractivity contribution is 0.408. The number of methoxy groups -OCH3 is 1. The van der Waals surface area contributed by atoms with Crippen LogP contribution in [0.15, 0.2) is 52.5 Å². The molecule has 0 radical (unpaired) electrons. The van der Waals surface area contributed by atoms with Crippen molar-refractivity contribution in [3.05, 3.63) is 59.2 Å².